The molecule has 1 aromatic rings. The summed E-state index contributed by atoms with van der Waals surface area (Å²) in [6, 6.07) is 2.57. The molecule has 0 aliphatic rings. The zero-order valence-corrected chi connectivity index (χ0v) is 21.7. The van der Waals surface area contributed by atoms with E-state index in [1.165, 1.54) is 12.1 Å². The molecule has 4 nitrogen and oxygen atoms in total. The van der Waals surface area contributed by atoms with Crippen molar-refractivity contribution in [1.29, 1.82) is 0 Å². The summed E-state index contributed by atoms with van der Waals surface area (Å²) in [4.78, 5) is 22.9. The van der Waals surface area contributed by atoms with Gasteiger partial charge in [0.2, 0.25) is 0 Å². The molecular weight excluding hydrogens is 430 g/mol. The first kappa shape index (κ1) is 28.3. The molecule has 0 radical (unpaired) electrons. The summed E-state index contributed by atoms with van der Waals surface area (Å²) in [5, 5.41) is 0. The zero-order chi connectivity index (χ0) is 24.5. The normalized spacial score (nSPS) is 13.0. The van der Waals surface area contributed by atoms with Crippen molar-refractivity contribution in [2.75, 3.05) is 6.61 Å². The molecule has 1 rings (SSSR count). The van der Waals surface area contributed by atoms with E-state index in [1.54, 1.807) is 6.92 Å². The second kappa shape index (κ2) is 13.1. The van der Waals surface area contributed by atoms with Crippen LogP contribution in [0.5, 0.6) is 5.75 Å². The lowest BCUT2D eigenvalue weighted by molar-refractivity contribution is -0.143. The molecule has 1 aromatic carbocycles. The lowest BCUT2D eigenvalue weighted by Crippen LogP contribution is -2.51. The molecule has 0 aromatic heterocycles. The zero-order valence-electron chi connectivity index (χ0n) is 20.7. The SMILES string of the molecule is CCOC(=O)CCCCC(C=O)Cc1cc(F)c(O[Si](C(C)C)(C(C)C)C(C)C)c(F)c1. The van der Waals surface area contributed by atoms with Crippen LogP contribution in [-0.4, -0.2) is 27.2 Å². The van der Waals surface area contributed by atoms with Gasteiger partial charge in [0.05, 0.1) is 6.61 Å². The van der Waals surface area contributed by atoms with Gasteiger partial charge < -0.3 is 14.0 Å². The van der Waals surface area contributed by atoms with Crippen molar-refractivity contribution in [2.45, 2.75) is 97.2 Å². The topological polar surface area (TPSA) is 52.6 Å². The molecule has 182 valence electrons. The Morgan fingerprint density at radius 2 is 1.53 bits per heavy atom. The molecule has 0 saturated heterocycles. The Morgan fingerprint density at radius 1 is 1.00 bits per heavy atom. The lowest BCUT2D eigenvalue weighted by Gasteiger charge is -2.42. The maximum atomic E-state index is 15.0. The number of benzene rings is 1. The van der Waals surface area contributed by atoms with Gasteiger partial charge in [-0.3, -0.25) is 4.79 Å². The third-order valence-electron chi connectivity index (χ3n) is 6.25. The van der Waals surface area contributed by atoms with E-state index in [1.807, 2.05) is 0 Å². The van der Waals surface area contributed by atoms with Gasteiger partial charge in [0.15, 0.2) is 17.4 Å². The maximum Gasteiger partial charge on any atom is 0.305 e. The number of carbonyl (C=O) groups excluding carboxylic acids is 2. The predicted molar refractivity (Wildman–Crippen MR) is 126 cm³/mol. The highest BCUT2D eigenvalue weighted by atomic mass is 28.4. The fourth-order valence-corrected chi connectivity index (χ4v) is 10.0. The molecule has 0 amide bonds. The number of ether oxygens (including phenoxy) is 1. The summed E-state index contributed by atoms with van der Waals surface area (Å²) in [6.45, 7) is 14.5. The molecule has 0 bridgehead atoms. The molecule has 1 atom stereocenters. The smallest absolute Gasteiger partial charge is 0.305 e. The van der Waals surface area contributed by atoms with Gasteiger partial charge in [0.25, 0.3) is 8.32 Å². The van der Waals surface area contributed by atoms with Crippen molar-refractivity contribution in [3.8, 4) is 5.75 Å². The minimum Gasteiger partial charge on any atom is -0.539 e. The second-order valence-corrected chi connectivity index (χ2v) is 14.8. The van der Waals surface area contributed by atoms with Gasteiger partial charge in [-0.15, -0.1) is 0 Å². The van der Waals surface area contributed by atoms with Crippen LogP contribution >= 0.6 is 0 Å². The highest BCUT2D eigenvalue weighted by molar-refractivity contribution is 6.78. The Labute approximate surface area is 193 Å². The Balaban J connectivity index is 2.92. The van der Waals surface area contributed by atoms with Crippen LogP contribution in [0.15, 0.2) is 12.1 Å². The molecule has 32 heavy (non-hydrogen) atoms. The number of rotatable bonds is 14. The van der Waals surface area contributed by atoms with Crippen LogP contribution in [0.4, 0.5) is 8.78 Å². The molecule has 0 aliphatic heterocycles. The van der Waals surface area contributed by atoms with E-state index in [9.17, 15) is 18.4 Å². The average molecular weight is 471 g/mol. The van der Waals surface area contributed by atoms with E-state index in [0.29, 0.717) is 37.9 Å². The van der Waals surface area contributed by atoms with Crippen molar-refractivity contribution in [3.63, 3.8) is 0 Å². The third-order valence-corrected chi connectivity index (χ3v) is 12.2. The highest BCUT2D eigenvalue weighted by Gasteiger charge is 2.47. The molecule has 7 heteroatoms. The van der Waals surface area contributed by atoms with Crippen molar-refractivity contribution in [3.05, 3.63) is 29.3 Å². The first-order valence-corrected chi connectivity index (χ1v) is 13.9. The van der Waals surface area contributed by atoms with E-state index in [-0.39, 0.29) is 40.7 Å². The maximum absolute atomic E-state index is 15.0. The molecule has 0 N–H and O–H groups in total. The molecule has 0 spiro atoms. The Morgan fingerprint density at radius 3 is 1.97 bits per heavy atom. The number of halogens is 2. The minimum atomic E-state index is -2.50. The summed E-state index contributed by atoms with van der Waals surface area (Å²) >= 11 is 0. The number of unbranched alkanes of at least 4 members (excludes halogenated alkanes) is 1. The number of hydrogen-bond acceptors (Lipinski definition) is 4. The quantitative estimate of drug-likeness (QED) is 0.127. The highest BCUT2D eigenvalue weighted by Crippen LogP contribution is 2.44. The third kappa shape index (κ3) is 7.39. The van der Waals surface area contributed by atoms with Crippen LogP contribution in [0.3, 0.4) is 0 Å². The largest absolute Gasteiger partial charge is 0.539 e. The van der Waals surface area contributed by atoms with Gasteiger partial charge in [-0.25, -0.2) is 8.78 Å². The number of aldehydes is 1. The Bertz CT molecular complexity index is 705. The fourth-order valence-electron chi connectivity index (χ4n) is 4.79. The number of carbonyl (C=O) groups is 2. The predicted octanol–water partition coefficient (Wildman–Crippen LogP) is 7.00. The van der Waals surface area contributed by atoms with Crippen molar-refractivity contribution < 1.29 is 27.5 Å². The van der Waals surface area contributed by atoms with Crippen LogP contribution < -0.4 is 4.43 Å². The van der Waals surface area contributed by atoms with E-state index >= 15 is 0 Å². The number of esters is 1. The summed E-state index contributed by atoms with van der Waals surface area (Å²) in [5.41, 5.74) is 1.00. The summed E-state index contributed by atoms with van der Waals surface area (Å²) in [6.07, 6.45) is 3.21. The molecule has 1 unspecified atom stereocenters. The molecule has 0 fully saturated rings. The van der Waals surface area contributed by atoms with Gasteiger partial charge in [-0.2, -0.15) is 0 Å². The monoisotopic (exact) mass is 470 g/mol. The van der Waals surface area contributed by atoms with E-state index < -0.39 is 20.0 Å². The van der Waals surface area contributed by atoms with Crippen LogP contribution in [0.2, 0.25) is 16.6 Å². The molecule has 0 aliphatic carbocycles. The first-order valence-electron chi connectivity index (χ1n) is 11.8. The Kier molecular flexibility index (Phi) is 11.5. The van der Waals surface area contributed by atoms with E-state index in [2.05, 4.69) is 41.5 Å². The van der Waals surface area contributed by atoms with E-state index in [4.69, 9.17) is 9.16 Å². The molecular formula is C25H40F2O4Si. The summed E-state index contributed by atoms with van der Waals surface area (Å²) in [7, 11) is -2.50. The van der Waals surface area contributed by atoms with Gasteiger partial charge in [-0.05, 0) is 60.5 Å². The lowest BCUT2D eigenvalue weighted by atomic mass is 9.95. The first-order chi connectivity index (χ1) is 15.0. The Hall–Kier alpha value is -1.76. The van der Waals surface area contributed by atoms with Gasteiger partial charge in [-0.1, -0.05) is 48.0 Å². The minimum absolute atomic E-state index is 0.190. The van der Waals surface area contributed by atoms with Gasteiger partial charge in [0.1, 0.15) is 6.29 Å². The summed E-state index contributed by atoms with van der Waals surface area (Å²) in [5.74, 6) is -2.35. The van der Waals surface area contributed by atoms with Crippen molar-refractivity contribution in [1.82, 2.24) is 0 Å². The second-order valence-electron chi connectivity index (χ2n) is 9.46. The molecule has 0 heterocycles. The molecule has 0 saturated carbocycles. The van der Waals surface area contributed by atoms with Gasteiger partial charge in [0, 0.05) is 12.3 Å². The van der Waals surface area contributed by atoms with Crippen LogP contribution in [0, 0.1) is 17.6 Å². The van der Waals surface area contributed by atoms with Crippen molar-refractivity contribution >= 4 is 20.6 Å². The average Bonchev–Trinajstić information content (AvgIpc) is 2.69. The number of hydrogen-bond donors (Lipinski definition) is 0. The van der Waals surface area contributed by atoms with Crippen LogP contribution in [0.25, 0.3) is 0 Å². The van der Waals surface area contributed by atoms with E-state index in [0.717, 1.165) is 6.29 Å². The standard InChI is InChI=1S/C25H40F2O4Si/c1-8-30-24(29)12-10-9-11-20(16-28)13-21-14-22(26)25(23(27)15-21)31-32(17(2)3,18(4)5)19(6)7/h14-20H,8-13H2,1-7H3. The fraction of sp³-hybridized carbons (Fsp3) is 0.680. The van der Waals surface area contributed by atoms with Crippen LogP contribution in [0.1, 0.15) is 79.7 Å². The van der Waals surface area contributed by atoms with Gasteiger partial charge >= 0.3 is 5.97 Å². The van der Waals surface area contributed by atoms with Crippen molar-refractivity contribution in [2.24, 2.45) is 5.92 Å². The van der Waals surface area contributed by atoms with Crippen LogP contribution in [-0.2, 0) is 20.7 Å². The summed E-state index contributed by atoms with van der Waals surface area (Å²) < 4.78 is 41.1.